The van der Waals surface area contributed by atoms with Crippen LogP contribution in [0.15, 0.2) is 29.2 Å². The minimum absolute atomic E-state index is 0.588. The van der Waals surface area contributed by atoms with Gasteiger partial charge in [0.25, 0.3) is 0 Å². The number of rotatable bonds is 6. The SMILES string of the molecule is CC(=S)NCCCNC(=S)Nc1ccc(SC#N)cc1. The zero-order valence-corrected chi connectivity index (χ0v) is 13.6. The lowest BCUT2D eigenvalue weighted by atomic mass is 10.3. The zero-order valence-electron chi connectivity index (χ0n) is 11.1. The van der Waals surface area contributed by atoms with Crippen LogP contribution in [0.4, 0.5) is 5.69 Å². The maximum atomic E-state index is 8.56. The molecule has 0 saturated heterocycles. The Morgan fingerprint density at radius 1 is 1.20 bits per heavy atom. The summed E-state index contributed by atoms with van der Waals surface area (Å²) in [5, 5.41) is 20.5. The number of hydrogen-bond acceptors (Lipinski definition) is 4. The molecule has 0 bridgehead atoms. The number of thiocarbonyl (C=S) groups is 2. The molecule has 1 aromatic carbocycles. The molecule has 3 N–H and O–H groups in total. The number of benzene rings is 1. The Labute approximate surface area is 134 Å². The second-order valence-corrected chi connectivity index (χ2v) is 5.81. The van der Waals surface area contributed by atoms with Gasteiger partial charge in [-0.2, -0.15) is 5.26 Å². The minimum Gasteiger partial charge on any atom is -0.380 e. The van der Waals surface area contributed by atoms with Gasteiger partial charge in [0.05, 0.1) is 4.99 Å². The van der Waals surface area contributed by atoms with Crippen molar-refractivity contribution in [3.63, 3.8) is 0 Å². The Bertz CT molecular complexity index is 493. The van der Waals surface area contributed by atoms with Crippen molar-refractivity contribution in [2.24, 2.45) is 0 Å². The van der Waals surface area contributed by atoms with Crippen LogP contribution in [0.2, 0.25) is 0 Å². The molecular weight excluding hydrogens is 308 g/mol. The number of hydrogen-bond donors (Lipinski definition) is 3. The van der Waals surface area contributed by atoms with Crippen LogP contribution in [0.5, 0.6) is 0 Å². The highest BCUT2D eigenvalue weighted by molar-refractivity contribution is 8.03. The Balaban J connectivity index is 2.25. The average Bonchev–Trinajstić information content (AvgIpc) is 2.40. The summed E-state index contributed by atoms with van der Waals surface area (Å²) in [7, 11) is 0. The van der Waals surface area contributed by atoms with E-state index in [1.54, 1.807) is 0 Å². The van der Waals surface area contributed by atoms with Crippen LogP contribution in [-0.2, 0) is 0 Å². The third-order valence-electron chi connectivity index (χ3n) is 2.29. The van der Waals surface area contributed by atoms with Crippen molar-refractivity contribution in [1.82, 2.24) is 10.6 Å². The van der Waals surface area contributed by atoms with Crippen molar-refractivity contribution >= 4 is 52.0 Å². The summed E-state index contributed by atoms with van der Waals surface area (Å²) in [4.78, 5) is 1.72. The number of nitrogens with zero attached hydrogens (tertiary/aromatic N) is 1. The molecule has 0 aromatic heterocycles. The monoisotopic (exact) mass is 324 g/mol. The predicted octanol–water partition coefficient (Wildman–Crippen LogP) is 2.87. The molecule has 1 aromatic rings. The second-order valence-electron chi connectivity index (χ2n) is 3.94. The summed E-state index contributed by atoms with van der Waals surface area (Å²) < 4.78 is 0. The fourth-order valence-corrected chi connectivity index (χ4v) is 2.09. The van der Waals surface area contributed by atoms with Crippen LogP contribution in [0.1, 0.15) is 13.3 Å². The van der Waals surface area contributed by atoms with E-state index < -0.39 is 0 Å². The highest BCUT2D eigenvalue weighted by Crippen LogP contribution is 2.18. The first-order valence-corrected chi connectivity index (χ1v) is 7.70. The van der Waals surface area contributed by atoms with Gasteiger partial charge < -0.3 is 16.0 Å². The molecule has 0 amide bonds. The molecule has 0 radical (unpaired) electrons. The van der Waals surface area contributed by atoms with Gasteiger partial charge in [0, 0.05) is 23.7 Å². The summed E-state index contributed by atoms with van der Waals surface area (Å²) in [6.07, 6.45) is 0.938. The van der Waals surface area contributed by atoms with E-state index in [0.29, 0.717) is 5.11 Å². The summed E-state index contributed by atoms with van der Waals surface area (Å²) in [5.41, 5.74) is 0.901. The fraction of sp³-hybridized carbons (Fsp3) is 0.308. The van der Waals surface area contributed by atoms with Gasteiger partial charge in [0.15, 0.2) is 5.11 Å². The van der Waals surface area contributed by atoms with Gasteiger partial charge in [0.2, 0.25) is 0 Å². The molecule has 4 nitrogen and oxygen atoms in total. The largest absolute Gasteiger partial charge is 0.380 e. The van der Waals surface area contributed by atoms with E-state index in [-0.39, 0.29) is 0 Å². The molecule has 0 aliphatic carbocycles. The van der Waals surface area contributed by atoms with Gasteiger partial charge in [-0.05, 0) is 61.6 Å². The second kappa shape index (κ2) is 9.53. The van der Waals surface area contributed by atoms with Crippen molar-refractivity contribution < 1.29 is 0 Å². The first kappa shape index (κ1) is 16.7. The molecule has 20 heavy (non-hydrogen) atoms. The normalized spacial score (nSPS) is 9.40. The molecular formula is C13H16N4S3. The van der Waals surface area contributed by atoms with Gasteiger partial charge in [-0.15, -0.1) is 0 Å². The third-order valence-corrected chi connectivity index (χ3v) is 3.28. The molecule has 0 saturated carbocycles. The molecule has 0 spiro atoms. The van der Waals surface area contributed by atoms with Crippen molar-refractivity contribution in [1.29, 1.82) is 5.26 Å². The topological polar surface area (TPSA) is 59.9 Å². The maximum absolute atomic E-state index is 8.56. The number of thioether (sulfide) groups is 1. The number of nitrogens with one attached hydrogen (secondary N) is 3. The molecule has 0 aliphatic rings. The smallest absolute Gasteiger partial charge is 0.170 e. The summed E-state index contributed by atoms with van der Waals surface area (Å²) in [6.45, 7) is 3.48. The Morgan fingerprint density at radius 3 is 2.45 bits per heavy atom. The number of anilines is 1. The molecule has 1 rings (SSSR count). The van der Waals surface area contributed by atoms with E-state index in [1.165, 1.54) is 0 Å². The standard InChI is InChI=1S/C13H16N4S3/c1-10(18)15-7-2-8-16-13(19)17-11-3-5-12(6-4-11)20-9-14/h3-6H,2,7-8H2,1H3,(H,15,18)(H2,16,17,19). The molecule has 0 fully saturated rings. The summed E-state index contributed by atoms with van der Waals surface area (Å²) in [6, 6.07) is 7.55. The van der Waals surface area contributed by atoms with Gasteiger partial charge in [-0.3, -0.25) is 0 Å². The highest BCUT2D eigenvalue weighted by Gasteiger charge is 1.98. The van der Waals surface area contributed by atoms with E-state index in [4.69, 9.17) is 29.7 Å². The van der Waals surface area contributed by atoms with E-state index in [1.807, 2.05) is 36.6 Å². The predicted molar refractivity (Wildman–Crippen MR) is 93.0 cm³/mol. The van der Waals surface area contributed by atoms with Gasteiger partial charge in [-0.1, -0.05) is 12.2 Å². The van der Waals surface area contributed by atoms with Crippen molar-refractivity contribution in [3.05, 3.63) is 24.3 Å². The summed E-state index contributed by atoms with van der Waals surface area (Å²) >= 11 is 11.3. The lowest BCUT2D eigenvalue weighted by molar-refractivity contribution is 0.747. The van der Waals surface area contributed by atoms with Gasteiger partial charge >= 0.3 is 0 Å². The van der Waals surface area contributed by atoms with Gasteiger partial charge in [0.1, 0.15) is 5.40 Å². The number of thiocyanates is 1. The zero-order chi connectivity index (χ0) is 14.8. The highest BCUT2D eigenvalue weighted by atomic mass is 32.2. The lowest BCUT2D eigenvalue weighted by Crippen LogP contribution is -2.31. The first-order chi connectivity index (χ1) is 9.61. The third kappa shape index (κ3) is 7.28. The number of nitriles is 1. The first-order valence-electron chi connectivity index (χ1n) is 6.07. The molecule has 0 atom stereocenters. The van der Waals surface area contributed by atoms with Crippen molar-refractivity contribution in [2.45, 2.75) is 18.2 Å². The Morgan fingerprint density at radius 2 is 1.85 bits per heavy atom. The van der Waals surface area contributed by atoms with E-state index >= 15 is 0 Å². The van der Waals surface area contributed by atoms with Crippen molar-refractivity contribution in [3.8, 4) is 5.40 Å². The average molecular weight is 325 g/mol. The minimum atomic E-state index is 0.588. The van der Waals surface area contributed by atoms with Crippen LogP contribution in [0.25, 0.3) is 0 Å². The van der Waals surface area contributed by atoms with Crippen LogP contribution >= 0.6 is 36.2 Å². The summed E-state index contributed by atoms with van der Waals surface area (Å²) in [5.74, 6) is 0. The Hall–Kier alpha value is -1.36. The lowest BCUT2D eigenvalue weighted by Gasteiger charge is -2.11. The van der Waals surface area contributed by atoms with E-state index in [2.05, 4.69) is 16.0 Å². The van der Waals surface area contributed by atoms with Crippen molar-refractivity contribution in [2.75, 3.05) is 18.4 Å². The Kier molecular flexibility index (Phi) is 7.95. The van der Waals surface area contributed by atoms with E-state index in [9.17, 15) is 0 Å². The fourth-order valence-electron chi connectivity index (χ4n) is 1.39. The van der Waals surface area contributed by atoms with Crippen LogP contribution in [0, 0.1) is 10.7 Å². The van der Waals surface area contributed by atoms with E-state index in [0.717, 1.165) is 46.8 Å². The van der Waals surface area contributed by atoms with Crippen LogP contribution in [-0.4, -0.2) is 23.2 Å². The molecule has 0 heterocycles. The quantitative estimate of drug-likeness (QED) is 0.322. The van der Waals surface area contributed by atoms with Crippen LogP contribution in [0.3, 0.4) is 0 Å². The maximum Gasteiger partial charge on any atom is 0.170 e. The molecule has 106 valence electrons. The van der Waals surface area contributed by atoms with Crippen LogP contribution < -0.4 is 16.0 Å². The van der Waals surface area contributed by atoms with Gasteiger partial charge in [-0.25, -0.2) is 0 Å². The molecule has 0 aliphatic heterocycles. The molecule has 0 unspecified atom stereocenters. The molecule has 7 heteroatoms.